The second-order valence-electron chi connectivity index (χ2n) is 11.9. The lowest BCUT2D eigenvalue weighted by molar-refractivity contribution is -0.133. The fourth-order valence-electron chi connectivity index (χ4n) is 5.14. The van der Waals surface area contributed by atoms with Crippen LogP contribution in [-0.2, 0) is 35.2 Å². The lowest BCUT2D eigenvalue weighted by atomic mass is 10.1. The van der Waals surface area contributed by atoms with Crippen LogP contribution in [0.4, 0.5) is 0 Å². The van der Waals surface area contributed by atoms with Crippen LogP contribution in [0, 0.1) is 0 Å². The number of nitrogens with two attached hydrogens (primary N) is 1. The number of furan rings is 1. The van der Waals surface area contributed by atoms with E-state index in [4.69, 9.17) is 10.2 Å². The number of carbonyl (C=O) groups excluding carboxylic acids is 7. The number of hydrogen-bond donors (Lipinski definition) is 7. The van der Waals surface area contributed by atoms with Crippen LogP contribution < -0.4 is 37.6 Å². The molecule has 0 spiro atoms. The molecule has 8 N–H and O–H groups in total. The molecule has 4 unspecified atom stereocenters. The van der Waals surface area contributed by atoms with Gasteiger partial charge in [0.1, 0.15) is 35.6 Å². The van der Waals surface area contributed by atoms with E-state index in [1.807, 2.05) is 30.3 Å². The fourth-order valence-corrected chi connectivity index (χ4v) is 5.14. The molecule has 1 aliphatic rings. The number of hydrogen-bond acceptors (Lipinski definition) is 10. The van der Waals surface area contributed by atoms with E-state index in [9.17, 15) is 33.6 Å². The van der Waals surface area contributed by atoms with E-state index in [0.29, 0.717) is 5.76 Å². The molecule has 0 aliphatic carbocycles. The molecule has 0 fully saturated rings. The second-order valence-corrected chi connectivity index (χ2v) is 11.9. The molecule has 1 aliphatic heterocycles. The van der Waals surface area contributed by atoms with Crippen LogP contribution in [0.5, 0.6) is 0 Å². The van der Waals surface area contributed by atoms with E-state index in [-0.39, 0.29) is 50.9 Å². The van der Waals surface area contributed by atoms with Gasteiger partial charge in [-0.2, -0.15) is 0 Å². The molecular weight excluding hydrogens is 686 g/mol. The lowest BCUT2D eigenvalue weighted by Gasteiger charge is -2.25. The van der Waals surface area contributed by atoms with Crippen molar-refractivity contribution in [3.8, 4) is 0 Å². The Bertz CT molecular complexity index is 1780. The van der Waals surface area contributed by atoms with Gasteiger partial charge in [0, 0.05) is 44.1 Å². The Morgan fingerprint density at radius 3 is 2.30 bits per heavy atom. The Morgan fingerprint density at radius 2 is 1.60 bits per heavy atom. The van der Waals surface area contributed by atoms with Gasteiger partial charge in [-0.15, -0.1) is 0 Å². The van der Waals surface area contributed by atoms with E-state index in [1.165, 1.54) is 24.9 Å². The molecule has 53 heavy (non-hydrogen) atoms. The summed E-state index contributed by atoms with van der Waals surface area (Å²) in [5.74, 6) is -4.71. The summed E-state index contributed by atoms with van der Waals surface area (Å²) in [6.07, 6.45) is 10.8. The quantitative estimate of drug-likeness (QED) is 0.124. The highest BCUT2D eigenvalue weighted by Gasteiger charge is 2.30. The predicted molar refractivity (Wildman–Crippen MR) is 190 cm³/mol. The second kappa shape index (κ2) is 20.3. The maximum absolute atomic E-state index is 13.9. The Kier molecular flexibility index (Phi) is 15.0. The number of benzene rings is 1. The highest BCUT2D eigenvalue weighted by atomic mass is 16.3. The average molecular weight is 728 g/mol. The third-order valence-electron chi connectivity index (χ3n) is 7.90. The lowest BCUT2D eigenvalue weighted by Crippen LogP contribution is -2.57. The molecule has 17 nitrogen and oxygen atoms in total. The van der Waals surface area contributed by atoms with Crippen molar-refractivity contribution in [2.45, 2.75) is 56.3 Å². The number of carbonyl (C=O) groups is 7. The van der Waals surface area contributed by atoms with Crippen molar-refractivity contribution in [3.05, 3.63) is 103 Å². The first-order valence-electron chi connectivity index (χ1n) is 16.8. The van der Waals surface area contributed by atoms with Crippen LogP contribution in [0.2, 0.25) is 0 Å². The number of primary amides is 1. The SMILES string of the molecule is NC(=O)C1CCNC(=O)C(CCCNC(=O)c2cnccn2)NC(=O)C(Cc2ccco2)NC(=O)C(C/C=C/c2ccccc2)NC(=O)C=CC(=O)N1. The minimum absolute atomic E-state index is 0.00331. The standard InChI is InChI=1S/C36H41N9O8/c37-32(48)25-15-17-41-33(49)26(12-5-16-40-34(50)29-22-38-18-19-39-29)44-36(52)28(21-24-10-6-20-53-24)45-35(51)27(43-31(47)14-13-30(46)42-25)11-4-9-23-7-2-1-3-8-23/h1-4,6-10,13-14,18-20,22,25-28H,5,11-12,15-17,21H2,(H2,37,48)(H,40,50)(H,41,49)(H,42,46)(H,43,47)(H,44,52)(H,45,51)/b9-4+,14-13?. The van der Waals surface area contributed by atoms with Crippen molar-refractivity contribution in [3.63, 3.8) is 0 Å². The monoisotopic (exact) mass is 727 g/mol. The first-order valence-corrected chi connectivity index (χ1v) is 16.8. The summed E-state index contributed by atoms with van der Waals surface area (Å²) in [6, 6.07) is 7.59. The largest absolute Gasteiger partial charge is 0.469 e. The van der Waals surface area contributed by atoms with Gasteiger partial charge in [-0.25, -0.2) is 4.98 Å². The zero-order valence-corrected chi connectivity index (χ0v) is 28.7. The van der Waals surface area contributed by atoms with Crippen molar-refractivity contribution in [1.82, 2.24) is 41.9 Å². The fraction of sp³-hybridized carbons (Fsp3) is 0.306. The average Bonchev–Trinajstić information content (AvgIpc) is 3.67. The zero-order chi connectivity index (χ0) is 38.0. The Morgan fingerprint density at radius 1 is 0.868 bits per heavy atom. The highest BCUT2D eigenvalue weighted by Crippen LogP contribution is 2.09. The summed E-state index contributed by atoms with van der Waals surface area (Å²) in [4.78, 5) is 98.9. The number of amides is 7. The third-order valence-corrected chi connectivity index (χ3v) is 7.90. The summed E-state index contributed by atoms with van der Waals surface area (Å²) < 4.78 is 5.44. The highest BCUT2D eigenvalue weighted by molar-refractivity contribution is 6.00. The normalized spacial score (nSPS) is 20.6. The third kappa shape index (κ3) is 13.2. The molecule has 2 aromatic heterocycles. The Hall–Kier alpha value is -6.65. The molecule has 3 heterocycles. The molecular formula is C36H41N9O8. The van der Waals surface area contributed by atoms with Crippen LogP contribution in [-0.4, -0.2) is 88.6 Å². The van der Waals surface area contributed by atoms with E-state index in [0.717, 1.165) is 17.7 Å². The molecule has 17 heteroatoms. The summed E-state index contributed by atoms with van der Waals surface area (Å²) in [7, 11) is 0. The predicted octanol–water partition coefficient (Wildman–Crippen LogP) is -0.574. The van der Waals surface area contributed by atoms with Crippen molar-refractivity contribution in [1.29, 1.82) is 0 Å². The van der Waals surface area contributed by atoms with E-state index in [1.54, 1.807) is 24.3 Å². The van der Waals surface area contributed by atoms with Gasteiger partial charge >= 0.3 is 0 Å². The van der Waals surface area contributed by atoms with Crippen LogP contribution >= 0.6 is 0 Å². The number of nitrogens with zero attached hydrogens (tertiary/aromatic N) is 2. The summed E-state index contributed by atoms with van der Waals surface area (Å²) in [6.45, 7) is -0.0137. The van der Waals surface area contributed by atoms with Crippen LogP contribution in [0.3, 0.4) is 0 Å². The van der Waals surface area contributed by atoms with Crippen molar-refractivity contribution in [2.24, 2.45) is 5.73 Å². The van der Waals surface area contributed by atoms with Gasteiger partial charge in [-0.3, -0.25) is 38.5 Å². The van der Waals surface area contributed by atoms with Crippen molar-refractivity contribution in [2.75, 3.05) is 13.1 Å². The van der Waals surface area contributed by atoms with Crippen molar-refractivity contribution < 1.29 is 38.0 Å². The van der Waals surface area contributed by atoms with Crippen LogP contribution in [0.1, 0.15) is 47.5 Å². The smallest absolute Gasteiger partial charge is 0.271 e. The number of aromatic nitrogens is 2. The van der Waals surface area contributed by atoms with Gasteiger partial charge < -0.3 is 42.1 Å². The summed E-state index contributed by atoms with van der Waals surface area (Å²) in [5, 5.41) is 15.6. The zero-order valence-electron chi connectivity index (χ0n) is 28.7. The van der Waals surface area contributed by atoms with Gasteiger partial charge in [0.15, 0.2) is 0 Å². The van der Waals surface area contributed by atoms with Gasteiger partial charge in [0.05, 0.1) is 12.5 Å². The van der Waals surface area contributed by atoms with E-state index < -0.39 is 65.5 Å². The van der Waals surface area contributed by atoms with Crippen LogP contribution in [0.15, 0.2) is 90.0 Å². The Labute approximate surface area is 304 Å². The molecule has 3 aromatic rings. The van der Waals surface area contributed by atoms with Gasteiger partial charge in [-0.1, -0.05) is 42.5 Å². The molecule has 4 rings (SSSR count). The molecule has 0 bridgehead atoms. The topological polar surface area (TPSA) is 257 Å². The number of rotatable bonds is 11. The van der Waals surface area contributed by atoms with Gasteiger partial charge in [0.25, 0.3) is 5.91 Å². The molecule has 0 saturated carbocycles. The summed E-state index contributed by atoms with van der Waals surface area (Å²) in [5.41, 5.74) is 6.41. The molecule has 4 atom stereocenters. The van der Waals surface area contributed by atoms with E-state index in [2.05, 4.69) is 41.9 Å². The summed E-state index contributed by atoms with van der Waals surface area (Å²) >= 11 is 0. The van der Waals surface area contributed by atoms with E-state index >= 15 is 0 Å². The molecule has 0 radical (unpaired) electrons. The van der Waals surface area contributed by atoms with Gasteiger partial charge in [-0.05, 0) is 43.4 Å². The first kappa shape index (κ1) is 39.1. The van der Waals surface area contributed by atoms with Crippen molar-refractivity contribution >= 4 is 47.4 Å². The Balaban J connectivity index is 1.58. The minimum atomic E-state index is -1.27. The van der Waals surface area contributed by atoms with Gasteiger partial charge in [0.2, 0.25) is 35.4 Å². The molecule has 1 aromatic carbocycles. The van der Waals surface area contributed by atoms with Crippen LogP contribution in [0.25, 0.3) is 6.08 Å². The molecule has 0 saturated heterocycles. The first-order chi connectivity index (χ1) is 25.6. The maximum atomic E-state index is 13.9. The maximum Gasteiger partial charge on any atom is 0.271 e. The molecule has 278 valence electrons. The number of nitrogens with one attached hydrogen (secondary N) is 6. The molecule has 7 amide bonds. The minimum Gasteiger partial charge on any atom is -0.469 e.